The molecule has 0 fully saturated rings. The Labute approximate surface area is 214 Å². The number of nitrogens with zero attached hydrogens (tertiary/aromatic N) is 4. The second-order valence-electron chi connectivity index (χ2n) is 8.13. The lowest BCUT2D eigenvalue weighted by atomic mass is 10.1. The van der Waals surface area contributed by atoms with Crippen LogP contribution in [0.2, 0.25) is 0 Å². The summed E-state index contributed by atoms with van der Waals surface area (Å²) in [6.45, 7) is 3.70. The fourth-order valence-corrected chi connectivity index (χ4v) is 3.97. The zero-order chi connectivity index (χ0) is 25.8. The minimum Gasteiger partial charge on any atom is -0.481 e. The monoisotopic (exact) mass is 552 g/mol. The molecule has 8 nitrogen and oxygen atoms in total. The van der Waals surface area contributed by atoms with Gasteiger partial charge >= 0.3 is 5.69 Å². The van der Waals surface area contributed by atoms with Gasteiger partial charge in [0.1, 0.15) is 18.2 Å². The molecule has 0 unspecified atom stereocenters. The zero-order valence-electron chi connectivity index (χ0n) is 19.5. The second-order valence-corrected chi connectivity index (χ2v) is 9.05. The molecule has 4 aromatic rings. The molecule has 4 rings (SSSR count). The molecule has 36 heavy (non-hydrogen) atoms. The fourth-order valence-electron chi connectivity index (χ4n) is 3.61. The first kappa shape index (κ1) is 25.2. The summed E-state index contributed by atoms with van der Waals surface area (Å²) in [4.78, 5) is 29.1. The summed E-state index contributed by atoms with van der Waals surface area (Å²) in [5.74, 6) is -0.175. The van der Waals surface area contributed by atoms with Gasteiger partial charge in [0, 0.05) is 27.6 Å². The Morgan fingerprint density at radius 1 is 1.22 bits per heavy atom. The van der Waals surface area contributed by atoms with Gasteiger partial charge in [-0.1, -0.05) is 54.0 Å². The van der Waals surface area contributed by atoms with Gasteiger partial charge in [-0.15, -0.1) is 0 Å². The minimum absolute atomic E-state index is 0.0789. The molecule has 0 saturated carbocycles. The Morgan fingerprint density at radius 2 is 2.00 bits per heavy atom. The van der Waals surface area contributed by atoms with Crippen LogP contribution in [0.1, 0.15) is 43.1 Å². The number of hydrogen-bond acceptors (Lipinski definition) is 6. The number of para-hydroxylation sites is 1. The maximum absolute atomic E-state index is 14.1. The van der Waals surface area contributed by atoms with Crippen molar-refractivity contribution in [1.82, 2.24) is 9.66 Å². The summed E-state index contributed by atoms with van der Waals surface area (Å²) in [5, 5.41) is 16.4. The molecule has 0 N–H and O–H groups in total. The number of rotatable bonds is 8. The van der Waals surface area contributed by atoms with E-state index in [1.54, 1.807) is 30.3 Å². The van der Waals surface area contributed by atoms with Crippen molar-refractivity contribution in [3.63, 3.8) is 0 Å². The summed E-state index contributed by atoms with van der Waals surface area (Å²) < 4.78 is 21.7. The van der Waals surface area contributed by atoms with Crippen molar-refractivity contribution in [1.29, 1.82) is 0 Å². The van der Waals surface area contributed by atoms with Crippen LogP contribution in [0.25, 0.3) is 10.9 Å². The van der Waals surface area contributed by atoms with Gasteiger partial charge in [-0.05, 0) is 36.8 Å². The van der Waals surface area contributed by atoms with Crippen LogP contribution in [0, 0.1) is 15.9 Å². The van der Waals surface area contributed by atoms with Crippen LogP contribution in [0.5, 0.6) is 5.75 Å². The molecule has 1 atom stereocenters. The molecule has 0 amide bonds. The van der Waals surface area contributed by atoms with Gasteiger partial charge in [-0.3, -0.25) is 14.9 Å². The first-order valence-corrected chi connectivity index (χ1v) is 12.0. The quantitative estimate of drug-likeness (QED) is 0.147. The Bertz CT molecular complexity index is 1540. The molecule has 3 aromatic carbocycles. The largest absolute Gasteiger partial charge is 0.481 e. The standard InChI is InChI=1S/C26H22BrFN4O4/c1-3-16(2)25-30-22-12-11-19(27)13-20(22)26(33)31(25)29-14-17-8-6-10-23(32(34)35)24(17)36-15-18-7-4-5-9-21(18)28/h4-14,16H,3,15H2,1-2H3/t16-/m0/s1. The molecule has 0 aliphatic rings. The summed E-state index contributed by atoms with van der Waals surface area (Å²) in [5.41, 5.74) is 0.390. The van der Waals surface area contributed by atoms with E-state index in [2.05, 4.69) is 26.0 Å². The maximum Gasteiger partial charge on any atom is 0.311 e. The van der Waals surface area contributed by atoms with Gasteiger partial charge in [-0.2, -0.15) is 9.78 Å². The van der Waals surface area contributed by atoms with Crippen LogP contribution in [0.15, 0.2) is 75.0 Å². The molecular formula is C26H22BrFN4O4. The lowest BCUT2D eigenvalue weighted by molar-refractivity contribution is -0.386. The van der Waals surface area contributed by atoms with Crippen LogP contribution in [-0.4, -0.2) is 20.8 Å². The Balaban J connectivity index is 1.81. The van der Waals surface area contributed by atoms with Crippen LogP contribution in [0.3, 0.4) is 0 Å². The van der Waals surface area contributed by atoms with Crippen LogP contribution < -0.4 is 10.3 Å². The highest BCUT2D eigenvalue weighted by Gasteiger charge is 2.20. The number of ether oxygens (including phenoxy) is 1. The lowest BCUT2D eigenvalue weighted by Gasteiger charge is -2.14. The third-order valence-corrected chi connectivity index (χ3v) is 6.24. The van der Waals surface area contributed by atoms with E-state index in [0.29, 0.717) is 16.7 Å². The number of hydrogen-bond donors (Lipinski definition) is 0. The summed E-state index contributed by atoms with van der Waals surface area (Å²) in [6.07, 6.45) is 2.04. The third-order valence-electron chi connectivity index (χ3n) is 5.75. The van der Waals surface area contributed by atoms with Gasteiger partial charge in [0.2, 0.25) is 5.75 Å². The maximum atomic E-state index is 14.1. The fraction of sp³-hybridized carbons (Fsp3) is 0.192. The van der Waals surface area contributed by atoms with E-state index >= 15 is 0 Å². The summed E-state index contributed by atoms with van der Waals surface area (Å²) >= 11 is 3.38. The molecular weight excluding hydrogens is 531 g/mol. The van der Waals surface area contributed by atoms with Gasteiger partial charge in [-0.25, -0.2) is 9.37 Å². The highest BCUT2D eigenvalue weighted by Crippen LogP contribution is 2.31. The molecule has 0 spiro atoms. The van der Waals surface area contributed by atoms with Crippen LogP contribution in [-0.2, 0) is 6.61 Å². The molecule has 1 aromatic heterocycles. The van der Waals surface area contributed by atoms with Crippen molar-refractivity contribution in [2.45, 2.75) is 32.8 Å². The average molecular weight is 553 g/mol. The number of benzene rings is 3. The summed E-state index contributed by atoms with van der Waals surface area (Å²) in [7, 11) is 0. The molecule has 0 saturated heterocycles. The minimum atomic E-state index is -0.583. The predicted octanol–water partition coefficient (Wildman–Crippen LogP) is 6.18. The zero-order valence-corrected chi connectivity index (χ0v) is 21.1. The van der Waals surface area contributed by atoms with E-state index < -0.39 is 10.7 Å². The lowest BCUT2D eigenvalue weighted by Crippen LogP contribution is -2.23. The van der Waals surface area contributed by atoms with Crippen molar-refractivity contribution in [3.05, 3.63) is 108 Å². The number of fused-ring (bicyclic) bond motifs is 1. The molecule has 1 heterocycles. The van der Waals surface area contributed by atoms with Crippen molar-refractivity contribution in [2.24, 2.45) is 5.10 Å². The Morgan fingerprint density at radius 3 is 2.72 bits per heavy atom. The van der Waals surface area contributed by atoms with E-state index in [-0.39, 0.29) is 40.6 Å². The molecule has 0 bridgehead atoms. The number of aromatic nitrogens is 2. The van der Waals surface area contributed by atoms with Crippen LogP contribution in [0.4, 0.5) is 10.1 Å². The average Bonchev–Trinajstić information content (AvgIpc) is 2.87. The first-order chi connectivity index (χ1) is 17.3. The van der Waals surface area contributed by atoms with Gasteiger partial charge in [0.25, 0.3) is 5.56 Å². The second kappa shape index (κ2) is 10.8. The van der Waals surface area contributed by atoms with Gasteiger partial charge in [0.05, 0.1) is 22.0 Å². The smallest absolute Gasteiger partial charge is 0.311 e. The van der Waals surface area contributed by atoms with Gasteiger partial charge < -0.3 is 4.74 Å². The number of halogens is 2. The SMILES string of the molecule is CC[C@H](C)c1nc2ccc(Br)cc2c(=O)n1N=Cc1cccc([N+](=O)[O-])c1OCc1ccccc1F. The Hall–Kier alpha value is -3.92. The molecule has 0 aliphatic carbocycles. The number of nitro benzene ring substituents is 1. The summed E-state index contributed by atoms with van der Waals surface area (Å²) in [6, 6.07) is 15.6. The van der Waals surface area contributed by atoms with Crippen LogP contribution >= 0.6 is 15.9 Å². The normalized spacial score (nSPS) is 12.2. The van der Waals surface area contributed by atoms with E-state index in [0.717, 1.165) is 10.9 Å². The highest BCUT2D eigenvalue weighted by atomic mass is 79.9. The topological polar surface area (TPSA) is 99.6 Å². The molecule has 184 valence electrons. The van der Waals surface area contributed by atoms with Crippen molar-refractivity contribution in [3.8, 4) is 5.75 Å². The number of nitro groups is 1. The van der Waals surface area contributed by atoms with E-state index in [9.17, 15) is 19.3 Å². The van der Waals surface area contributed by atoms with E-state index in [1.165, 1.54) is 35.2 Å². The van der Waals surface area contributed by atoms with E-state index in [1.807, 2.05) is 19.9 Å². The highest BCUT2D eigenvalue weighted by molar-refractivity contribution is 9.10. The van der Waals surface area contributed by atoms with Crippen molar-refractivity contribution in [2.75, 3.05) is 0 Å². The predicted molar refractivity (Wildman–Crippen MR) is 139 cm³/mol. The molecule has 10 heteroatoms. The van der Waals surface area contributed by atoms with Gasteiger partial charge in [0.15, 0.2) is 0 Å². The molecule has 0 radical (unpaired) electrons. The Kier molecular flexibility index (Phi) is 7.54. The first-order valence-electron chi connectivity index (χ1n) is 11.2. The van der Waals surface area contributed by atoms with E-state index in [4.69, 9.17) is 4.74 Å². The van der Waals surface area contributed by atoms with Crippen molar-refractivity contribution < 1.29 is 14.1 Å². The molecule has 0 aliphatic heterocycles. The van der Waals surface area contributed by atoms with Crippen molar-refractivity contribution >= 4 is 38.7 Å². The third kappa shape index (κ3) is 5.18.